The van der Waals surface area contributed by atoms with Gasteiger partial charge in [0.05, 0.1) is 5.69 Å². The molecule has 1 unspecified atom stereocenters. The Bertz CT molecular complexity index is 577. The summed E-state index contributed by atoms with van der Waals surface area (Å²) in [5, 5.41) is 3.77. The zero-order chi connectivity index (χ0) is 16.3. The van der Waals surface area contributed by atoms with Gasteiger partial charge in [-0.1, -0.05) is 12.1 Å². The molecule has 120 valence electrons. The second-order valence-electron chi connectivity index (χ2n) is 4.72. The van der Waals surface area contributed by atoms with E-state index in [2.05, 4.69) is 5.32 Å². The summed E-state index contributed by atoms with van der Waals surface area (Å²) in [6.45, 7) is -1.32. The number of rotatable bonds is 3. The van der Waals surface area contributed by atoms with Crippen molar-refractivity contribution in [3.63, 3.8) is 0 Å². The van der Waals surface area contributed by atoms with Crippen LogP contribution in [0.5, 0.6) is 0 Å². The van der Waals surface area contributed by atoms with Crippen LogP contribution in [0.1, 0.15) is 6.42 Å². The molecule has 1 fully saturated rings. The molecule has 22 heavy (non-hydrogen) atoms. The Balaban J connectivity index is 1.95. The first-order chi connectivity index (χ1) is 10.3. The lowest BCUT2D eigenvalue weighted by atomic mass is 10.2. The minimum absolute atomic E-state index is 0.0764. The average molecular weight is 319 g/mol. The number of carbonyl (C=O) groups excluding carboxylic acids is 2. The van der Waals surface area contributed by atoms with E-state index >= 15 is 0 Å². The normalized spacial score (nSPS) is 18.5. The molecule has 0 radical (unpaired) electrons. The number of nitrogens with one attached hydrogen (secondary N) is 2. The van der Waals surface area contributed by atoms with Crippen molar-refractivity contribution in [2.75, 3.05) is 18.0 Å². The third-order valence-electron chi connectivity index (χ3n) is 3.10. The zero-order valence-corrected chi connectivity index (χ0v) is 11.3. The number of benzene rings is 1. The minimum Gasteiger partial charge on any atom is -0.329 e. The fourth-order valence-corrected chi connectivity index (χ4v) is 2.11. The van der Waals surface area contributed by atoms with Crippen molar-refractivity contribution in [2.24, 2.45) is 0 Å². The number of amides is 3. The van der Waals surface area contributed by atoms with Crippen molar-refractivity contribution in [2.45, 2.75) is 18.6 Å². The SMILES string of the molecule is O=C(NCC(F)(F)F)NC1CCN(c2ccccc2F)C1=O. The van der Waals surface area contributed by atoms with E-state index < -0.39 is 36.5 Å². The highest BCUT2D eigenvalue weighted by Crippen LogP contribution is 2.24. The van der Waals surface area contributed by atoms with Crippen LogP contribution in [0.25, 0.3) is 0 Å². The van der Waals surface area contributed by atoms with Gasteiger partial charge in [0.1, 0.15) is 18.4 Å². The monoisotopic (exact) mass is 319 g/mol. The van der Waals surface area contributed by atoms with Crippen LogP contribution in [-0.4, -0.2) is 37.2 Å². The Morgan fingerprint density at radius 2 is 2.00 bits per heavy atom. The van der Waals surface area contributed by atoms with Gasteiger partial charge in [0.25, 0.3) is 0 Å². The molecular formula is C13H13F4N3O2. The van der Waals surface area contributed by atoms with Crippen LogP contribution in [0.3, 0.4) is 0 Å². The number of carbonyl (C=O) groups is 2. The van der Waals surface area contributed by atoms with Crippen LogP contribution in [0.15, 0.2) is 24.3 Å². The molecule has 2 N–H and O–H groups in total. The van der Waals surface area contributed by atoms with E-state index in [1.807, 2.05) is 0 Å². The molecule has 1 aliphatic rings. The highest BCUT2D eigenvalue weighted by atomic mass is 19.4. The quantitative estimate of drug-likeness (QED) is 0.835. The fraction of sp³-hybridized carbons (Fsp3) is 0.385. The van der Waals surface area contributed by atoms with Crippen molar-refractivity contribution >= 4 is 17.6 Å². The number of urea groups is 1. The van der Waals surface area contributed by atoms with Crippen LogP contribution in [0.2, 0.25) is 0 Å². The summed E-state index contributed by atoms with van der Waals surface area (Å²) in [6, 6.07) is 3.57. The van der Waals surface area contributed by atoms with Crippen molar-refractivity contribution in [1.29, 1.82) is 0 Å². The molecule has 9 heteroatoms. The van der Waals surface area contributed by atoms with Gasteiger partial charge < -0.3 is 15.5 Å². The molecular weight excluding hydrogens is 306 g/mol. The van der Waals surface area contributed by atoms with Crippen LogP contribution < -0.4 is 15.5 Å². The molecule has 0 spiro atoms. The Hall–Kier alpha value is -2.32. The number of anilines is 1. The summed E-state index contributed by atoms with van der Waals surface area (Å²) >= 11 is 0. The standard InChI is InChI=1S/C13H13F4N3O2/c14-8-3-1-2-4-10(8)20-6-5-9(11(20)21)19-12(22)18-7-13(15,16)17/h1-4,9H,5-7H2,(H2,18,19,22). The first-order valence-corrected chi connectivity index (χ1v) is 6.45. The molecule has 1 aromatic rings. The number of halogens is 4. The summed E-state index contributed by atoms with van der Waals surface area (Å²) < 4.78 is 49.6. The summed E-state index contributed by atoms with van der Waals surface area (Å²) in [5.74, 6) is -1.15. The molecule has 0 aromatic heterocycles. The van der Waals surface area contributed by atoms with Gasteiger partial charge in [-0.25, -0.2) is 9.18 Å². The maximum absolute atomic E-state index is 13.6. The molecule has 0 bridgehead atoms. The predicted molar refractivity (Wildman–Crippen MR) is 69.7 cm³/mol. The molecule has 2 rings (SSSR count). The molecule has 1 atom stereocenters. The number of nitrogens with zero attached hydrogens (tertiary/aromatic N) is 1. The van der Waals surface area contributed by atoms with Crippen molar-refractivity contribution < 1.29 is 27.2 Å². The van der Waals surface area contributed by atoms with Crippen molar-refractivity contribution in [3.05, 3.63) is 30.1 Å². The number of para-hydroxylation sites is 1. The maximum Gasteiger partial charge on any atom is 0.405 e. The van der Waals surface area contributed by atoms with Crippen molar-refractivity contribution in [3.8, 4) is 0 Å². The van der Waals surface area contributed by atoms with Gasteiger partial charge in [-0.3, -0.25) is 4.79 Å². The lowest BCUT2D eigenvalue weighted by molar-refractivity contribution is -0.122. The molecule has 1 aliphatic heterocycles. The lowest BCUT2D eigenvalue weighted by Crippen LogP contribution is -2.48. The first kappa shape index (κ1) is 16.1. The molecule has 1 saturated heterocycles. The van der Waals surface area contributed by atoms with Gasteiger partial charge in [-0.2, -0.15) is 13.2 Å². The molecule has 0 aliphatic carbocycles. The molecule has 1 heterocycles. The van der Waals surface area contributed by atoms with Gasteiger partial charge in [-0.05, 0) is 18.6 Å². The molecule has 1 aromatic carbocycles. The summed E-state index contributed by atoms with van der Waals surface area (Å²) in [7, 11) is 0. The molecule has 3 amide bonds. The summed E-state index contributed by atoms with van der Waals surface area (Å²) in [4.78, 5) is 24.6. The molecule has 0 saturated carbocycles. The topological polar surface area (TPSA) is 61.4 Å². The zero-order valence-electron chi connectivity index (χ0n) is 11.3. The van der Waals surface area contributed by atoms with E-state index in [1.54, 1.807) is 11.4 Å². The van der Waals surface area contributed by atoms with Crippen molar-refractivity contribution in [1.82, 2.24) is 10.6 Å². The van der Waals surface area contributed by atoms with Crippen LogP contribution in [0, 0.1) is 5.82 Å². The fourth-order valence-electron chi connectivity index (χ4n) is 2.11. The van der Waals surface area contributed by atoms with E-state index in [0.29, 0.717) is 0 Å². The molecule has 5 nitrogen and oxygen atoms in total. The van der Waals surface area contributed by atoms with Crippen LogP contribution >= 0.6 is 0 Å². The number of hydrogen-bond donors (Lipinski definition) is 2. The van der Waals surface area contributed by atoms with E-state index in [0.717, 1.165) is 4.90 Å². The summed E-state index contributed by atoms with van der Waals surface area (Å²) in [5.41, 5.74) is 0.0764. The Morgan fingerprint density at radius 1 is 1.32 bits per heavy atom. The third kappa shape index (κ3) is 3.86. The smallest absolute Gasteiger partial charge is 0.329 e. The van der Waals surface area contributed by atoms with Crippen LogP contribution in [-0.2, 0) is 4.79 Å². The van der Waals surface area contributed by atoms with E-state index in [4.69, 9.17) is 0 Å². The van der Waals surface area contributed by atoms with E-state index in [9.17, 15) is 27.2 Å². The van der Waals surface area contributed by atoms with Gasteiger partial charge >= 0.3 is 12.2 Å². The van der Waals surface area contributed by atoms with Gasteiger partial charge in [-0.15, -0.1) is 0 Å². The van der Waals surface area contributed by atoms with E-state index in [1.165, 1.54) is 18.2 Å². The second-order valence-corrected chi connectivity index (χ2v) is 4.72. The maximum atomic E-state index is 13.6. The Morgan fingerprint density at radius 3 is 2.64 bits per heavy atom. The average Bonchev–Trinajstić information content (AvgIpc) is 2.78. The largest absolute Gasteiger partial charge is 0.405 e. The highest BCUT2D eigenvalue weighted by molar-refractivity contribution is 6.01. The predicted octanol–water partition coefficient (Wildman–Crippen LogP) is 1.79. The summed E-state index contributed by atoms with van der Waals surface area (Å²) in [6.07, 6.45) is -4.34. The third-order valence-corrected chi connectivity index (χ3v) is 3.10. The van der Waals surface area contributed by atoms with Gasteiger partial charge in [0.2, 0.25) is 5.91 Å². The Kier molecular flexibility index (Phi) is 4.53. The second kappa shape index (κ2) is 6.20. The van der Waals surface area contributed by atoms with Crippen LogP contribution in [0.4, 0.5) is 28.0 Å². The highest BCUT2D eigenvalue weighted by Gasteiger charge is 2.35. The van der Waals surface area contributed by atoms with Gasteiger partial charge in [0.15, 0.2) is 0 Å². The minimum atomic E-state index is -4.53. The van der Waals surface area contributed by atoms with E-state index in [-0.39, 0.29) is 18.7 Å². The number of alkyl halides is 3. The first-order valence-electron chi connectivity index (χ1n) is 6.45. The van der Waals surface area contributed by atoms with Gasteiger partial charge in [0, 0.05) is 6.54 Å². The lowest BCUT2D eigenvalue weighted by Gasteiger charge is -2.18. The Labute approximate surface area is 123 Å². The number of hydrogen-bond acceptors (Lipinski definition) is 2.